The number of halogens is 1. The Bertz CT molecular complexity index is 308. The van der Waals surface area contributed by atoms with Crippen molar-refractivity contribution < 1.29 is 0 Å². The van der Waals surface area contributed by atoms with Crippen LogP contribution in [-0.4, -0.2) is 36.3 Å². The first-order chi connectivity index (χ1) is 7.84. The van der Waals surface area contributed by atoms with E-state index >= 15 is 0 Å². The van der Waals surface area contributed by atoms with E-state index in [1.54, 1.807) is 0 Å². The van der Waals surface area contributed by atoms with Crippen LogP contribution in [0.5, 0.6) is 0 Å². The maximum atomic E-state index is 5.87. The smallest absolute Gasteiger partial charge is 0.0185 e. The lowest BCUT2D eigenvalue weighted by Crippen LogP contribution is -2.28. The van der Waals surface area contributed by atoms with Gasteiger partial charge in [0.05, 0.1) is 0 Å². The molecule has 1 heterocycles. The highest BCUT2D eigenvalue weighted by Crippen LogP contribution is 2.13. The summed E-state index contributed by atoms with van der Waals surface area (Å²) >= 11 is 2.01. The molecule has 0 bridgehead atoms. The van der Waals surface area contributed by atoms with Crippen LogP contribution in [-0.2, 0) is 5.75 Å². The summed E-state index contributed by atoms with van der Waals surface area (Å²) in [7, 11) is 0. The van der Waals surface area contributed by atoms with Gasteiger partial charge >= 0.3 is 0 Å². The van der Waals surface area contributed by atoms with Gasteiger partial charge in [-0.05, 0) is 18.5 Å². The number of nitrogens with zero attached hydrogens (tertiary/aromatic N) is 1. The maximum absolute atomic E-state index is 5.87. The third-order valence-corrected chi connectivity index (χ3v) is 3.98. The molecule has 0 spiro atoms. The van der Waals surface area contributed by atoms with E-state index < -0.39 is 0 Å². The molecule has 0 amide bonds. The first-order valence-corrected chi connectivity index (χ1v) is 7.09. The average molecular weight is 273 g/mol. The molecule has 1 aromatic carbocycles. The van der Waals surface area contributed by atoms with Crippen LogP contribution in [0.2, 0.25) is 0 Å². The number of benzene rings is 1. The van der Waals surface area contributed by atoms with Crippen molar-refractivity contribution in [1.29, 1.82) is 0 Å². The molecule has 17 heavy (non-hydrogen) atoms. The normalized spacial score (nSPS) is 20.2. The van der Waals surface area contributed by atoms with E-state index in [1.807, 2.05) is 11.8 Å². The summed E-state index contributed by atoms with van der Waals surface area (Å²) in [6.45, 7) is 3.46. The van der Waals surface area contributed by atoms with Crippen molar-refractivity contribution in [1.82, 2.24) is 4.90 Å². The van der Waals surface area contributed by atoms with Gasteiger partial charge in [0, 0.05) is 30.6 Å². The second-order valence-electron chi connectivity index (χ2n) is 4.39. The van der Waals surface area contributed by atoms with E-state index in [2.05, 4.69) is 35.2 Å². The van der Waals surface area contributed by atoms with Gasteiger partial charge in [0.2, 0.25) is 0 Å². The maximum Gasteiger partial charge on any atom is 0.0185 e. The lowest BCUT2D eigenvalue weighted by atomic mass is 10.2. The summed E-state index contributed by atoms with van der Waals surface area (Å²) in [6, 6.07) is 11.1. The van der Waals surface area contributed by atoms with E-state index in [-0.39, 0.29) is 12.4 Å². The molecule has 1 saturated heterocycles. The third-order valence-electron chi connectivity index (χ3n) is 2.97. The van der Waals surface area contributed by atoms with Crippen molar-refractivity contribution in [2.24, 2.45) is 5.73 Å². The van der Waals surface area contributed by atoms with E-state index in [1.165, 1.54) is 30.8 Å². The van der Waals surface area contributed by atoms with Crippen LogP contribution in [0.1, 0.15) is 12.0 Å². The minimum Gasteiger partial charge on any atom is -0.326 e. The molecule has 0 unspecified atom stereocenters. The lowest BCUT2D eigenvalue weighted by Gasteiger charge is -2.14. The van der Waals surface area contributed by atoms with Gasteiger partial charge in [0.1, 0.15) is 0 Å². The van der Waals surface area contributed by atoms with Crippen LogP contribution >= 0.6 is 24.2 Å². The van der Waals surface area contributed by atoms with E-state index in [0.717, 1.165) is 12.3 Å². The zero-order valence-electron chi connectivity index (χ0n) is 10.0. The first kappa shape index (κ1) is 14.8. The van der Waals surface area contributed by atoms with Crippen molar-refractivity contribution >= 4 is 24.2 Å². The van der Waals surface area contributed by atoms with E-state index in [9.17, 15) is 0 Å². The highest BCUT2D eigenvalue weighted by atomic mass is 35.5. The fourth-order valence-corrected chi connectivity index (χ4v) is 2.98. The number of thioether (sulfide) groups is 1. The quantitative estimate of drug-likeness (QED) is 0.835. The molecule has 4 heteroatoms. The minimum atomic E-state index is 0. The molecule has 1 fully saturated rings. The van der Waals surface area contributed by atoms with E-state index in [0.29, 0.717) is 6.04 Å². The topological polar surface area (TPSA) is 29.3 Å². The summed E-state index contributed by atoms with van der Waals surface area (Å²) in [4.78, 5) is 2.47. The molecule has 2 nitrogen and oxygen atoms in total. The van der Waals surface area contributed by atoms with Gasteiger partial charge in [0.25, 0.3) is 0 Å². The van der Waals surface area contributed by atoms with Crippen molar-refractivity contribution in [3.05, 3.63) is 35.9 Å². The Labute approximate surface area is 114 Å². The molecule has 1 aromatic rings. The minimum absolute atomic E-state index is 0. The van der Waals surface area contributed by atoms with E-state index in [4.69, 9.17) is 5.73 Å². The number of hydrogen-bond acceptors (Lipinski definition) is 3. The third kappa shape index (κ3) is 5.30. The predicted molar refractivity (Wildman–Crippen MR) is 78.9 cm³/mol. The van der Waals surface area contributed by atoms with Crippen LogP contribution in [0.15, 0.2) is 30.3 Å². The predicted octanol–water partition coefficient (Wildman–Crippen LogP) is 2.37. The number of hydrogen-bond donors (Lipinski definition) is 1. The molecule has 2 N–H and O–H groups in total. The van der Waals surface area contributed by atoms with Crippen LogP contribution in [0.4, 0.5) is 0 Å². The zero-order chi connectivity index (χ0) is 11.2. The Kier molecular flexibility index (Phi) is 6.97. The molecule has 1 aliphatic heterocycles. The van der Waals surface area contributed by atoms with Crippen LogP contribution in [0.25, 0.3) is 0 Å². The van der Waals surface area contributed by atoms with Crippen LogP contribution < -0.4 is 5.73 Å². The van der Waals surface area contributed by atoms with Crippen LogP contribution in [0, 0.1) is 0 Å². The Morgan fingerprint density at radius 3 is 2.71 bits per heavy atom. The van der Waals surface area contributed by atoms with Gasteiger partial charge in [-0.3, -0.25) is 0 Å². The van der Waals surface area contributed by atoms with Crippen molar-refractivity contribution in [2.45, 2.75) is 18.2 Å². The highest BCUT2D eigenvalue weighted by Gasteiger charge is 2.17. The van der Waals surface area contributed by atoms with Gasteiger partial charge < -0.3 is 10.6 Å². The Hall–Kier alpha value is -0.220. The number of likely N-dealkylation sites (tertiary alicyclic amines) is 1. The molecule has 1 aliphatic rings. The van der Waals surface area contributed by atoms with Gasteiger partial charge in [-0.25, -0.2) is 0 Å². The van der Waals surface area contributed by atoms with Crippen molar-refractivity contribution in [3.8, 4) is 0 Å². The SMILES string of the molecule is Cl.N[C@@H]1CCN(CCSCc2ccccc2)C1. The van der Waals surface area contributed by atoms with Gasteiger partial charge in [0.15, 0.2) is 0 Å². The second kappa shape index (κ2) is 7.98. The first-order valence-electron chi connectivity index (χ1n) is 5.94. The number of nitrogens with two attached hydrogens (primary N) is 1. The molecule has 2 rings (SSSR count). The molecule has 1 atom stereocenters. The second-order valence-corrected chi connectivity index (χ2v) is 5.49. The largest absolute Gasteiger partial charge is 0.326 e. The highest BCUT2D eigenvalue weighted by molar-refractivity contribution is 7.98. The fourth-order valence-electron chi connectivity index (χ4n) is 2.02. The molecule has 0 aliphatic carbocycles. The molecule has 0 radical (unpaired) electrons. The molecule has 96 valence electrons. The molecular formula is C13H21ClN2S. The number of rotatable bonds is 5. The zero-order valence-corrected chi connectivity index (χ0v) is 11.7. The van der Waals surface area contributed by atoms with Gasteiger partial charge in [-0.1, -0.05) is 30.3 Å². The fraction of sp³-hybridized carbons (Fsp3) is 0.538. The van der Waals surface area contributed by atoms with Gasteiger partial charge in [-0.15, -0.1) is 12.4 Å². The Morgan fingerprint density at radius 1 is 1.29 bits per heavy atom. The average Bonchev–Trinajstić information content (AvgIpc) is 2.72. The van der Waals surface area contributed by atoms with Gasteiger partial charge in [-0.2, -0.15) is 11.8 Å². The summed E-state index contributed by atoms with van der Waals surface area (Å²) in [5.41, 5.74) is 7.29. The Balaban J connectivity index is 0.00000144. The summed E-state index contributed by atoms with van der Waals surface area (Å²) in [5, 5.41) is 0. The van der Waals surface area contributed by atoms with Crippen molar-refractivity contribution in [2.75, 3.05) is 25.4 Å². The molecule has 0 saturated carbocycles. The summed E-state index contributed by atoms with van der Waals surface area (Å²) < 4.78 is 0. The molecular weight excluding hydrogens is 252 g/mol. The Morgan fingerprint density at radius 2 is 2.06 bits per heavy atom. The monoisotopic (exact) mass is 272 g/mol. The van der Waals surface area contributed by atoms with Crippen molar-refractivity contribution in [3.63, 3.8) is 0 Å². The van der Waals surface area contributed by atoms with Crippen LogP contribution in [0.3, 0.4) is 0 Å². The lowest BCUT2D eigenvalue weighted by molar-refractivity contribution is 0.357. The summed E-state index contributed by atoms with van der Waals surface area (Å²) in [5.74, 6) is 2.34. The molecule has 0 aromatic heterocycles. The summed E-state index contributed by atoms with van der Waals surface area (Å²) in [6.07, 6.45) is 1.17. The standard InChI is InChI=1S/C13H20N2S.ClH/c14-13-6-7-15(10-13)8-9-16-11-12-4-2-1-3-5-12;/h1-5,13H,6-11,14H2;1H/t13-;/m1./s1.